The average Bonchev–Trinajstić information content (AvgIpc) is 2.97. The zero-order chi connectivity index (χ0) is 16.4. The van der Waals surface area contributed by atoms with Crippen molar-refractivity contribution in [1.82, 2.24) is 0 Å². The number of thiophene rings is 1. The molecule has 2 aromatic carbocycles. The highest BCUT2D eigenvalue weighted by atomic mass is 79.9. The highest BCUT2D eigenvalue weighted by molar-refractivity contribution is 9.11. The molecule has 1 N–H and O–H groups in total. The van der Waals surface area contributed by atoms with E-state index in [1.165, 1.54) is 17.4 Å². The second-order valence-electron chi connectivity index (χ2n) is 4.73. The third-order valence-electron chi connectivity index (χ3n) is 3.18. The molecule has 0 bridgehead atoms. The van der Waals surface area contributed by atoms with Crippen molar-refractivity contribution in [3.8, 4) is 11.1 Å². The van der Waals surface area contributed by atoms with E-state index in [0.717, 1.165) is 9.85 Å². The molecule has 0 aliphatic heterocycles. The summed E-state index contributed by atoms with van der Waals surface area (Å²) in [6.45, 7) is 0. The Morgan fingerprint density at radius 3 is 2.43 bits per heavy atom. The third-order valence-corrected chi connectivity index (χ3v) is 4.80. The summed E-state index contributed by atoms with van der Waals surface area (Å²) in [6.07, 6.45) is 0. The van der Waals surface area contributed by atoms with E-state index in [2.05, 4.69) is 21.2 Å². The minimum absolute atomic E-state index is 0.0351. The van der Waals surface area contributed by atoms with Crippen molar-refractivity contribution < 1.29 is 13.6 Å². The molecule has 6 heteroatoms. The van der Waals surface area contributed by atoms with Crippen LogP contribution in [0.25, 0.3) is 11.1 Å². The summed E-state index contributed by atoms with van der Waals surface area (Å²) in [6, 6.07) is 14.1. The predicted molar refractivity (Wildman–Crippen MR) is 91.8 cm³/mol. The lowest BCUT2D eigenvalue weighted by molar-refractivity contribution is 0.103. The number of benzene rings is 2. The van der Waals surface area contributed by atoms with Gasteiger partial charge in [-0.25, -0.2) is 8.78 Å². The van der Waals surface area contributed by atoms with Crippen LogP contribution in [0.3, 0.4) is 0 Å². The number of nitrogens with one attached hydrogen (secondary N) is 1. The van der Waals surface area contributed by atoms with E-state index in [4.69, 9.17) is 0 Å². The lowest BCUT2D eigenvalue weighted by Gasteiger charge is -2.12. The molecule has 1 amide bonds. The number of rotatable bonds is 3. The first kappa shape index (κ1) is 15.8. The number of amides is 1. The van der Waals surface area contributed by atoms with Crippen LogP contribution in [0.1, 0.15) is 9.67 Å². The van der Waals surface area contributed by atoms with Gasteiger partial charge in [0.1, 0.15) is 11.6 Å². The van der Waals surface area contributed by atoms with Crippen LogP contribution < -0.4 is 5.32 Å². The molecule has 3 rings (SSSR count). The van der Waals surface area contributed by atoms with E-state index in [-0.39, 0.29) is 5.69 Å². The Hall–Kier alpha value is -2.05. The highest BCUT2D eigenvalue weighted by Crippen LogP contribution is 2.32. The van der Waals surface area contributed by atoms with Crippen LogP contribution in [0.5, 0.6) is 0 Å². The molecule has 3 aromatic rings. The summed E-state index contributed by atoms with van der Waals surface area (Å²) in [4.78, 5) is 12.7. The molecular formula is C17H10BrF2NOS. The number of hydrogen-bond donors (Lipinski definition) is 1. The number of carbonyl (C=O) groups excluding carboxylic acids is 1. The van der Waals surface area contributed by atoms with Crippen LogP contribution in [-0.4, -0.2) is 5.91 Å². The van der Waals surface area contributed by atoms with Crippen molar-refractivity contribution in [2.75, 3.05) is 5.32 Å². The van der Waals surface area contributed by atoms with Gasteiger partial charge < -0.3 is 5.32 Å². The number of carbonyl (C=O) groups is 1. The molecule has 0 aliphatic rings. The summed E-state index contributed by atoms with van der Waals surface area (Å²) >= 11 is 4.51. The number of hydrogen-bond acceptors (Lipinski definition) is 2. The smallest absolute Gasteiger partial charge is 0.265 e. The van der Waals surface area contributed by atoms with Crippen molar-refractivity contribution in [2.24, 2.45) is 0 Å². The Kier molecular flexibility index (Phi) is 4.54. The lowest BCUT2D eigenvalue weighted by Crippen LogP contribution is -2.12. The molecule has 0 saturated carbocycles. The van der Waals surface area contributed by atoms with E-state index in [1.54, 1.807) is 42.5 Å². The third kappa shape index (κ3) is 3.48. The molecule has 0 spiro atoms. The van der Waals surface area contributed by atoms with Gasteiger partial charge in [0.05, 0.1) is 14.4 Å². The van der Waals surface area contributed by atoms with E-state index in [1.807, 2.05) is 0 Å². The molecule has 0 atom stereocenters. The van der Waals surface area contributed by atoms with Gasteiger partial charge in [-0.3, -0.25) is 4.79 Å². The Balaban J connectivity index is 2.03. The molecule has 1 aromatic heterocycles. The first-order valence-corrected chi connectivity index (χ1v) is 8.26. The molecule has 2 nitrogen and oxygen atoms in total. The largest absolute Gasteiger partial charge is 0.318 e. The van der Waals surface area contributed by atoms with E-state index in [0.29, 0.717) is 16.0 Å². The Morgan fingerprint density at radius 1 is 1.04 bits per heavy atom. The van der Waals surface area contributed by atoms with Crippen molar-refractivity contribution in [3.63, 3.8) is 0 Å². The summed E-state index contributed by atoms with van der Waals surface area (Å²) in [5.41, 5.74) is 0.882. The first-order chi connectivity index (χ1) is 11.0. The van der Waals surface area contributed by atoms with Crippen LogP contribution in [0, 0.1) is 11.6 Å². The summed E-state index contributed by atoms with van der Waals surface area (Å²) in [5, 5.41) is 2.54. The Labute approximate surface area is 143 Å². The monoisotopic (exact) mass is 393 g/mol. The van der Waals surface area contributed by atoms with Crippen LogP contribution in [-0.2, 0) is 0 Å². The summed E-state index contributed by atoms with van der Waals surface area (Å²) < 4.78 is 28.6. The maximum absolute atomic E-state index is 14.2. The second kappa shape index (κ2) is 6.60. The second-order valence-corrected chi connectivity index (χ2v) is 7.20. The molecule has 0 aliphatic carbocycles. The maximum Gasteiger partial charge on any atom is 0.265 e. The van der Waals surface area contributed by atoms with Gasteiger partial charge in [-0.2, -0.15) is 0 Å². The SMILES string of the molecule is O=C(Nc1c(F)cc(F)cc1-c1ccccc1)c1ccc(Br)s1. The van der Waals surface area contributed by atoms with Crippen molar-refractivity contribution >= 4 is 38.9 Å². The van der Waals surface area contributed by atoms with Gasteiger partial charge in [0.25, 0.3) is 5.91 Å². The molecular weight excluding hydrogens is 384 g/mol. The van der Waals surface area contributed by atoms with E-state index in [9.17, 15) is 13.6 Å². The lowest BCUT2D eigenvalue weighted by atomic mass is 10.0. The van der Waals surface area contributed by atoms with Gasteiger partial charge in [0.15, 0.2) is 0 Å². The minimum atomic E-state index is -0.812. The summed E-state index contributed by atoms with van der Waals surface area (Å²) in [5.74, 6) is -1.95. The van der Waals surface area contributed by atoms with Gasteiger partial charge in [-0.05, 0) is 39.7 Å². The standard InChI is InChI=1S/C17H10BrF2NOS/c18-15-7-6-14(23-15)17(22)21-16-12(8-11(19)9-13(16)20)10-4-2-1-3-5-10/h1-9H,(H,21,22). The van der Waals surface area contributed by atoms with Crippen molar-refractivity contribution in [1.29, 1.82) is 0 Å². The fourth-order valence-electron chi connectivity index (χ4n) is 2.16. The van der Waals surface area contributed by atoms with Crippen LogP contribution in [0.15, 0.2) is 58.4 Å². The predicted octanol–water partition coefficient (Wildman–Crippen LogP) is 5.71. The van der Waals surface area contributed by atoms with Crippen LogP contribution in [0.4, 0.5) is 14.5 Å². The normalized spacial score (nSPS) is 10.6. The van der Waals surface area contributed by atoms with E-state index >= 15 is 0 Å². The maximum atomic E-state index is 14.2. The first-order valence-electron chi connectivity index (χ1n) is 6.66. The molecule has 1 heterocycles. The van der Waals surface area contributed by atoms with Gasteiger partial charge in [0.2, 0.25) is 0 Å². The topological polar surface area (TPSA) is 29.1 Å². The minimum Gasteiger partial charge on any atom is -0.318 e. The molecule has 116 valence electrons. The van der Waals surface area contributed by atoms with Gasteiger partial charge in [0, 0.05) is 11.6 Å². The van der Waals surface area contributed by atoms with Crippen LogP contribution in [0.2, 0.25) is 0 Å². The number of anilines is 1. The Morgan fingerprint density at radius 2 is 1.78 bits per heavy atom. The highest BCUT2D eigenvalue weighted by Gasteiger charge is 2.17. The van der Waals surface area contributed by atoms with Crippen LogP contribution >= 0.6 is 27.3 Å². The quantitative estimate of drug-likeness (QED) is 0.606. The average molecular weight is 394 g/mol. The van der Waals surface area contributed by atoms with E-state index < -0.39 is 17.5 Å². The molecule has 0 fully saturated rings. The zero-order valence-corrected chi connectivity index (χ0v) is 14.0. The Bertz CT molecular complexity index is 864. The molecule has 23 heavy (non-hydrogen) atoms. The van der Waals surface area contributed by atoms with Crippen molar-refractivity contribution in [3.05, 3.63) is 74.9 Å². The van der Waals surface area contributed by atoms with Gasteiger partial charge in [-0.1, -0.05) is 30.3 Å². The van der Waals surface area contributed by atoms with Crippen molar-refractivity contribution in [2.45, 2.75) is 0 Å². The fourth-order valence-corrected chi connectivity index (χ4v) is 3.44. The van der Waals surface area contributed by atoms with Gasteiger partial charge >= 0.3 is 0 Å². The van der Waals surface area contributed by atoms with Gasteiger partial charge in [-0.15, -0.1) is 11.3 Å². The summed E-state index contributed by atoms with van der Waals surface area (Å²) in [7, 11) is 0. The molecule has 0 saturated heterocycles. The zero-order valence-electron chi connectivity index (χ0n) is 11.6. The number of halogens is 3. The fraction of sp³-hybridized carbons (Fsp3) is 0. The molecule has 0 unspecified atom stereocenters. The molecule has 0 radical (unpaired) electrons.